The number of hydrogen-bond donors (Lipinski definition) is 1. The van der Waals surface area contributed by atoms with Crippen LogP contribution in [0.1, 0.15) is 27.0 Å². The zero-order chi connectivity index (χ0) is 25.5. The van der Waals surface area contributed by atoms with Gasteiger partial charge in [-0.2, -0.15) is 0 Å². The Morgan fingerprint density at radius 2 is 1.14 bits per heavy atom. The van der Waals surface area contributed by atoms with Gasteiger partial charge in [-0.1, -0.05) is 36.4 Å². The zero-order valence-corrected chi connectivity index (χ0v) is 20.5. The molecule has 5 nitrogen and oxygen atoms in total. The van der Waals surface area contributed by atoms with Crippen LogP contribution in [0.15, 0.2) is 83.3 Å². The number of aldehydes is 1. The van der Waals surface area contributed by atoms with Crippen LogP contribution >= 0.6 is 15.9 Å². The fourth-order valence-corrected chi connectivity index (χ4v) is 3.87. The van der Waals surface area contributed by atoms with E-state index < -0.39 is 0 Å². The minimum absolute atomic E-state index is 0.0809. The molecule has 0 fully saturated rings. The summed E-state index contributed by atoms with van der Waals surface area (Å²) in [5, 5.41) is 9.51. The second-order valence-corrected chi connectivity index (χ2v) is 8.63. The standard InChI is InChI=1S/C28H21BrF2O5/c29-27-26(35-16-19-3-9-22(31)10-4-19)13-25(34-15-18-1-7-21(30)8-2-18)24(14-32)28(27)36-17-20-5-11-23(33)12-6-20/h1-14,33H,15-17H2. The molecule has 4 aromatic carbocycles. The number of carbonyl (C=O) groups excluding carboxylic acids is 1. The summed E-state index contributed by atoms with van der Waals surface area (Å²) in [4.78, 5) is 12.1. The lowest BCUT2D eigenvalue weighted by atomic mass is 10.1. The highest BCUT2D eigenvalue weighted by atomic mass is 79.9. The summed E-state index contributed by atoms with van der Waals surface area (Å²) < 4.78 is 44.7. The van der Waals surface area contributed by atoms with Gasteiger partial charge in [0.2, 0.25) is 0 Å². The van der Waals surface area contributed by atoms with E-state index in [1.54, 1.807) is 42.5 Å². The highest BCUT2D eigenvalue weighted by molar-refractivity contribution is 9.10. The lowest BCUT2D eigenvalue weighted by Gasteiger charge is -2.18. The molecule has 0 aromatic heterocycles. The van der Waals surface area contributed by atoms with Gasteiger partial charge in [0.1, 0.15) is 53.2 Å². The van der Waals surface area contributed by atoms with Crippen molar-refractivity contribution in [2.45, 2.75) is 19.8 Å². The molecule has 4 aromatic rings. The first-order chi connectivity index (χ1) is 17.4. The SMILES string of the molecule is O=Cc1c(OCc2ccc(F)cc2)cc(OCc2ccc(F)cc2)c(Br)c1OCc1ccc(O)cc1. The van der Waals surface area contributed by atoms with E-state index in [1.807, 2.05) is 0 Å². The van der Waals surface area contributed by atoms with Crippen molar-refractivity contribution in [3.63, 3.8) is 0 Å². The molecule has 0 heterocycles. The van der Waals surface area contributed by atoms with E-state index in [2.05, 4.69) is 15.9 Å². The average Bonchev–Trinajstić information content (AvgIpc) is 2.89. The third-order valence-corrected chi connectivity index (χ3v) is 5.99. The molecule has 0 bridgehead atoms. The molecule has 0 atom stereocenters. The zero-order valence-electron chi connectivity index (χ0n) is 18.9. The Morgan fingerprint density at radius 3 is 1.64 bits per heavy atom. The third-order valence-electron chi connectivity index (χ3n) is 5.24. The predicted molar refractivity (Wildman–Crippen MR) is 133 cm³/mol. The van der Waals surface area contributed by atoms with E-state index in [1.165, 1.54) is 36.4 Å². The van der Waals surface area contributed by atoms with E-state index in [4.69, 9.17) is 14.2 Å². The summed E-state index contributed by atoms with van der Waals surface area (Å²) in [7, 11) is 0. The van der Waals surface area contributed by atoms with Crippen molar-refractivity contribution >= 4 is 22.2 Å². The Balaban J connectivity index is 1.63. The first-order valence-electron chi connectivity index (χ1n) is 10.9. The number of phenolic OH excluding ortho intramolecular Hbond substituents is 1. The lowest BCUT2D eigenvalue weighted by molar-refractivity contribution is 0.111. The summed E-state index contributed by atoms with van der Waals surface area (Å²) in [6, 6.07) is 19.7. The maximum absolute atomic E-state index is 13.3. The summed E-state index contributed by atoms with van der Waals surface area (Å²) in [6.07, 6.45) is 0.626. The Hall–Kier alpha value is -3.91. The second-order valence-electron chi connectivity index (χ2n) is 7.83. The average molecular weight is 555 g/mol. The van der Waals surface area contributed by atoms with Crippen LogP contribution in [0.5, 0.6) is 23.0 Å². The Bertz CT molecular complexity index is 1320. The monoisotopic (exact) mass is 554 g/mol. The minimum atomic E-state index is -0.364. The third kappa shape index (κ3) is 6.40. The van der Waals surface area contributed by atoms with E-state index in [9.17, 15) is 18.7 Å². The van der Waals surface area contributed by atoms with E-state index in [0.29, 0.717) is 22.1 Å². The van der Waals surface area contributed by atoms with Crippen molar-refractivity contribution < 1.29 is 32.9 Å². The molecule has 0 aliphatic rings. The maximum atomic E-state index is 13.3. The molecule has 1 N–H and O–H groups in total. The second kappa shape index (κ2) is 11.7. The largest absolute Gasteiger partial charge is 0.508 e. The topological polar surface area (TPSA) is 65.0 Å². The van der Waals surface area contributed by atoms with Gasteiger partial charge in [0, 0.05) is 6.07 Å². The van der Waals surface area contributed by atoms with Crippen molar-refractivity contribution in [3.05, 3.63) is 117 Å². The molecule has 0 saturated carbocycles. The highest BCUT2D eigenvalue weighted by Crippen LogP contribution is 2.43. The number of ether oxygens (including phenoxy) is 3. The van der Waals surface area contributed by atoms with Gasteiger partial charge < -0.3 is 19.3 Å². The van der Waals surface area contributed by atoms with E-state index >= 15 is 0 Å². The normalized spacial score (nSPS) is 10.6. The van der Waals surface area contributed by atoms with Crippen molar-refractivity contribution in [3.8, 4) is 23.0 Å². The van der Waals surface area contributed by atoms with Gasteiger partial charge in [0.15, 0.2) is 12.0 Å². The van der Waals surface area contributed by atoms with Gasteiger partial charge in [-0.05, 0) is 69.0 Å². The van der Waals surface area contributed by atoms with Crippen molar-refractivity contribution in [2.24, 2.45) is 0 Å². The fraction of sp³-hybridized carbons (Fsp3) is 0.107. The number of hydrogen-bond acceptors (Lipinski definition) is 5. The number of phenols is 1. The van der Waals surface area contributed by atoms with Crippen LogP contribution < -0.4 is 14.2 Å². The Labute approximate surface area is 215 Å². The molecule has 4 rings (SSSR count). The molecule has 0 saturated heterocycles. The van der Waals surface area contributed by atoms with Crippen molar-refractivity contribution in [1.82, 2.24) is 0 Å². The molecule has 0 amide bonds. The molecule has 0 radical (unpaired) electrons. The van der Waals surface area contributed by atoms with Crippen LogP contribution in [0.2, 0.25) is 0 Å². The van der Waals surface area contributed by atoms with Crippen molar-refractivity contribution in [2.75, 3.05) is 0 Å². The summed E-state index contributed by atoms with van der Waals surface area (Å²) in [6.45, 7) is 0.324. The smallest absolute Gasteiger partial charge is 0.157 e. The fourth-order valence-electron chi connectivity index (χ4n) is 3.31. The van der Waals surface area contributed by atoms with Gasteiger partial charge >= 0.3 is 0 Å². The van der Waals surface area contributed by atoms with Crippen LogP contribution in [0.4, 0.5) is 8.78 Å². The molecule has 8 heteroatoms. The first kappa shape index (κ1) is 25.2. The number of halogens is 3. The molecule has 0 unspecified atom stereocenters. The van der Waals surface area contributed by atoms with Crippen molar-refractivity contribution in [1.29, 1.82) is 0 Å². The van der Waals surface area contributed by atoms with Gasteiger partial charge in [-0.3, -0.25) is 4.79 Å². The highest BCUT2D eigenvalue weighted by Gasteiger charge is 2.21. The minimum Gasteiger partial charge on any atom is -0.508 e. The summed E-state index contributed by atoms with van der Waals surface area (Å²) >= 11 is 3.48. The van der Waals surface area contributed by atoms with E-state index in [-0.39, 0.29) is 54.3 Å². The first-order valence-corrected chi connectivity index (χ1v) is 11.7. The molecule has 36 heavy (non-hydrogen) atoms. The summed E-state index contributed by atoms with van der Waals surface area (Å²) in [5.74, 6) is 0.186. The van der Waals surface area contributed by atoms with Gasteiger partial charge in [-0.15, -0.1) is 0 Å². The molecular formula is C28H21BrF2O5. The van der Waals surface area contributed by atoms with Gasteiger partial charge in [-0.25, -0.2) is 8.78 Å². The van der Waals surface area contributed by atoms with Crippen LogP contribution in [0, 0.1) is 11.6 Å². The Kier molecular flexibility index (Phi) is 8.17. The quantitative estimate of drug-likeness (QED) is 0.214. The van der Waals surface area contributed by atoms with Gasteiger partial charge in [0.05, 0.1) is 5.56 Å². The molecule has 0 spiro atoms. The molecular weight excluding hydrogens is 534 g/mol. The predicted octanol–water partition coefficient (Wildman–Crippen LogP) is 6.98. The maximum Gasteiger partial charge on any atom is 0.157 e. The van der Waals surface area contributed by atoms with Crippen LogP contribution in [-0.2, 0) is 19.8 Å². The van der Waals surface area contributed by atoms with E-state index in [0.717, 1.165) is 11.1 Å². The van der Waals surface area contributed by atoms with Crippen LogP contribution in [-0.4, -0.2) is 11.4 Å². The number of aromatic hydroxyl groups is 1. The van der Waals surface area contributed by atoms with Gasteiger partial charge in [0.25, 0.3) is 0 Å². The lowest BCUT2D eigenvalue weighted by Crippen LogP contribution is -2.05. The number of carbonyl (C=O) groups is 1. The summed E-state index contributed by atoms with van der Waals surface area (Å²) in [5.41, 5.74) is 2.37. The number of rotatable bonds is 10. The van der Waals surface area contributed by atoms with Crippen LogP contribution in [0.25, 0.3) is 0 Å². The molecule has 184 valence electrons. The Morgan fingerprint density at radius 1 is 0.694 bits per heavy atom. The van der Waals surface area contributed by atoms with Crippen LogP contribution in [0.3, 0.4) is 0 Å². The molecule has 0 aliphatic heterocycles. The molecule has 0 aliphatic carbocycles. The number of benzene rings is 4.